The fourth-order valence-corrected chi connectivity index (χ4v) is 3.25. The van der Waals surface area contributed by atoms with Crippen LogP contribution in [0.25, 0.3) is 11.0 Å². The molecule has 1 amide bonds. The Morgan fingerprint density at radius 3 is 2.71 bits per heavy atom. The Morgan fingerprint density at radius 1 is 1.33 bits per heavy atom. The average molecular weight is 329 g/mol. The maximum atomic E-state index is 13.1. The number of rotatable bonds is 3. The van der Waals surface area contributed by atoms with Crippen molar-refractivity contribution in [3.05, 3.63) is 23.5 Å². The number of hydrogen-bond donors (Lipinski definition) is 1. The Labute approximate surface area is 143 Å². The SMILES string of the molecule is CC(C)c1cc(C(=O)N2CCC[C@@H](N)C2)c2cnn(C(C)C)c2n1. The maximum Gasteiger partial charge on any atom is 0.254 e. The van der Waals surface area contributed by atoms with E-state index < -0.39 is 0 Å². The Morgan fingerprint density at radius 2 is 2.08 bits per heavy atom. The molecule has 24 heavy (non-hydrogen) atoms. The second-order valence-corrected chi connectivity index (χ2v) is 7.32. The number of pyridine rings is 1. The zero-order chi connectivity index (χ0) is 17.4. The van der Waals surface area contributed by atoms with Crippen molar-refractivity contribution in [2.24, 2.45) is 5.73 Å². The number of carbonyl (C=O) groups is 1. The van der Waals surface area contributed by atoms with Crippen LogP contribution in [0.4, 0.5) is 0 Å². The van der Waals surface area contributed by atoms with Gasteiger partial charge < -0.3 is 10.6 Å². The van der Waals surface area contributed by atoms with Gasteiger partial charge in [-0.05, 0) is 38.7 Å². The molecule has 0 radical (unpaired) electrons. The molecule has 1 aliphatic rings. The van der Waals surface area contributed by atoms with E-state index in [2.05, 4.69) is 32.8 Å². The van der Waals surface area contributed by atoms with E-state index in [-0.39, 0.29) is 23.9 Å². The van der Waals surface area contributed by atoms with Crippen molar-refractivity contribution in [2.75, 3.05) is 13.1 Å². The molecule has 0 saturated carbocycles. The Bertz CT molecular complexity index is 749. The van der Waals surface area contributed by atoms with Crippen LogP contribution in [-0.4, -0.2) is 44.7 Å². The summed E-state index contributed by atoms with van der Waals surface area (Å²) < 4.78 is 1.89. The largest absolute Gasteiger partial charge is 0.337 e. The van der Waals surface area contributed by atoms with Crippen LogP contribution in [0, 0.1) is 0 Å². The first-order valence-electron chi connectivity index (χ1n) is 8.81. The summed E-state index contributed by atoms with van der Waals surface area (Å²) in [7, 11) is 0. The second kappa shape index (κ2) is 6.51. The Balaban J connectivity index is 2.10. The first-order valence-corrected chi connectivity index (χ1v) is 8.81. The predicted molar refractivity (Wildman–Crippen MR) is 95.1 cm³/mol. The summed E-state index contributed by atoms with van der Waals surface area (Å²) in [5, 5.41) is 5.29. The van der Waals surface area contributed by atoms with Crippen molar-refractivity contribution in [3.63, 3.8) is 0 Å². The Hall–Kier alpha value is -1.95. The first-order chi connectivity index (χ1) is 11.4. The summed E-state index contributed by atoms with van der Waals surface area (Å²) in [6.45, 7) is 9.72. The van der Waals surface area contributed by atoms with Gasteiger partial charge >= 0.3 is 0 Å². The summed E-state index contributed by atoms with van der Waals surface area (Å²) in [6.07, 6.45) is 3.71. The summed E-state index contributed by atoms with van der Waals surface area (Å²) in [6, 6.07) is 2.20. The Kier molecular flexibility index (Phi) is 4.58. The number of carbonyl (C=O) groups excluding carboxylic acids is 1. The molecule has 0 unspecified atom stereocenters. The molecule has 1 saturated heterocycles. The number of likely N-dealkylation sites (tertiary alicyclic amines) is 1. The highest BCUT2D eigenvalue weighted by Crippen LogP contribution is 2.26. The van der Waals surface area contributed by atoms with Gasteiger partial charge in [-0.25, -0.2) is 9.67 Å². The van der Waals surface area contributed by atoms with Gasteiger partial charge in [0.2, 0.25) is 0 Å². The molecular formula is C18H27N5O. The van der Waals surface area contributed by atoms with Gasteiger partial charge in [0.05, 0.1) is 17.1 Å². The fraction of sp³-hybridized carbons (Fsp3) is 0.611. The van der Waals surface area contributed by atoms with Crippen molar-refractivity contribution in [1.82, 2.24) is 19.7 Å². The van der Waals surface area contributed by atoms with Gasteiger partial charge in [0.15, 0.2) is 5.65 Å². The van der Waals surface area contributed by atoms with E-state index in [4.69, 9.17) is 10.7 Å². The zero-order valence-electron chi connectivity index (χ0n) is 15.0. The third-order valence-corrected chi connectivity index (χ3v) is 4.64. The smallest absolute Gasteiger partial charge is 0.254 e. The molecule has 0 aromatic carbocycles. The number of piperidine rings is 1. The van der Waals surface area contributed by atoms with Gasteiger partial charge in [0.1, 0.15) is 0 Å². The van der Waals surface area contributed by atoms with E-state index >= 15 is 0 Å². The van der Waals surface area contributed by atoms with E-state index in [1.807, 2.05) is 15.6 Å². The highest BCUT2D eigenvalue weighted by Gasteiger charge is 2.26. The monoisotopic (exact) mass is 329 g/mol. The number of fused-ring (bicyclic) bond motifs is 1. The normalized spacial score (nSPS) is 18.8. The maximum absolute atomic E-state index is 13.1. The second-order valence-electron chi connectivity index (χ2n) is 7.32. The lowest BCUT2D eigenvalue weighted by Gasteiger charge is -2.31. The predicted octanol–water partition coefficient (Wildman–Crippen LogP) is 2.70. The van der Waals surface area contributed by atoms with Crippen molar-refractivity contribution in [2.45, 2.75) is 58.5 Å². The van der Waals surface area contributed by atoms with E-state index in [1.165, 1.54) is 0 Å². The molecule has 6 heteroatoms. The molecule has 1 fully saturated rings. The van der Waals surface area contributed by atoms with Crippen LogP contribution >= 0.6 is 0 Å². The quantitative estimate of drug-likeness (QED) is 0.939. The van der Waals surface area contributed by atoms with Crippen molar-refractivity contribution in [1.29, 1.82) is 0 Å². The average Bonchev–Trinajstić information content (AvgIpc) is 2.97. The van der Waals surface area contributed by atoms with Gasteiger partial charge in [-0.15, -0.1) is 0 Å². The van der Waals surface area contributed by atoms with Gasteiger partial charge in [-0.3, -0.25) is 4.79 Å². The summed E-state index contributed by atoms with van der Waals surface area (Å²) in [5.74, 6) is 0.294. The highest BCUT2D eigenvalue weighted by molar-refractivity contribution is 6.05. The zero-order valence-corrected chi connectivity index (χ0v) is 15.0. The van der Waals surface area contributed by atoms with Crippen molar-refractivity contribution < 1.29 is 4.79 Å². The molecule has 2 aromatic heterocycles. The van der Waals surface area contributed by atoms with Crippen LogP contribution in [0.1, 0.15) is 68.5 Å². The molecule has 0 bridgehead atoms. The van der Waals surface area contributed by atoms with Gasteiger partial charge in [0, 0.05) is 30.9 Å². The molecule has 1 aliphatic heterocycles. The molecule has 1 atom stereocenters. The van der Waals surface area contributed by atoms with Crippen LogP contribution in [0.3, 0.4) is 0 Å². The minimum absolute atomic E-state index is 0.0442. The van der Waals surface area contributed by atoms with E-state index in [0.717, 1.165) is 36.1 Å². The number of aromatic nitrogens is 3. The van der Waals surface area contributed by atoms with Gasteiger partial charge in [-0.2, -0.15) is 5.10 Å². The molecule has 0 spiro atoms. The first kappa shape index (κ1) is 16.9. The van der Waals surface area contributed by atoms with Crippen LogP contribution < -0.4 is 5.73 Å². The van der Waals surface area contributed by atoms with E-state index in [0.29, 0.717) is 12.1 Å². The third kappa shape index (κ3) is 3.02. The van der Waals surface area contributed by atoms with E-state index in [1.54, 1.807) is 6.20 Å². The summed E-state index contributed by atoms with van der Waals surface area (Å²) in [4.78, 5) is 19.8. The lowest BCUT2D eigenvalue weighted by molar-refractivity contribution is 0.0710. The lowest BCUT2D eigenvalue weighted by Crippen LogP contribution is -2.45. The topological polar surface area (TPSA) is 77.0 Å². The van der Waals surface area contributed by atoms with Crippen LogP contribution in [-0.2, 0) is 0 Å². The van der Waals surface area contributed by atoms with E-state index in [9.17, 15) is 4.79 Å². The molecule has 130 valence electrons. The van der Waals surface area contributed by atoms with Crippen LogP contribution in [0.15, 0.2) is 12.3 Å². The van der Waals surface area contributed by atoms with Crippen LogP contribution in [0.5, 0.6) is 0 Å². The minimum atomic E-state index is 0.0442. The fourth-order valence-electron chi connectivity index (χ4n) is 3.25. The van der Waals surface area contributed by atoms with Gasteiger partial charge in [-0.1, -0.05) is 13.8 Å². The minimum Gasteiger partial charge on any atom is -0.337 e. The standard InChI is InChI=1S/C18H27N5O/c1-11(2)16-8-14(18(24)22-7-5-6-13(19)10-22)15-9-20-23(12(3)4)17(15)21-16/h8-9,11-13H,5-7,10,19H2,1-4H3/t13-/m1/s1. The number of hydrogen-bond acceptors (Lipinski definition) is 4. The lowest BCUT2D eigenvalue weighted by atomic mass is 10.0. The molecular weight excluding hydrogens is 302 g/mol. The molecule has 2 N–H and O–H groups in total. The third-order valence-electron chi connectivity index (χ3n) is 4.64. The van der Waals surface area contributed by atoms with Crippen molar-refractivity contribution in [3.8, 4) is 0 Å². The van der Waals surface area contributed by atoms with Crippen molar-refractivity contribution >= 4 is 16.9 Å². The summed E-state index contributed by atoms with van der Waals surface area (Å²) in [5.41, 5.74) is 8.47. The molecule has 6 nitrogen and oxygen atoms in total. The number of amides is 1. The number of nitrogens with two attached hydrogens (primary N) is 1. The molecule has 0 aliphatic carbocycles. The molecule has 3 rings (SSSR count). The highest BCUT2D eigenvalue weighted by atomic mass is 16.2. The summed E-state index contributed by atoms with van der Waals surface area (Å²) >= 11 is 0. The van der Waals surface area contributed by atoms with Gasteiger partial charge in [0.25, 0.3) is 5.91 Å². The molecule has 2 aromatic rings. The number of nitrogens with zero attached hydrogens (tertiary/aromatic N) is 4. The van der Waals surface area contributed by atoms with Crippen LogP contribution in [0.2, 0.25) is 0 Å². The molecule has 3 heterocycles.